The Hall–Kier alpha value is -2.33. The van der Waals surface area contributed by atoms with Crippen LogP contribution in [0.2, 0.25) is 0 Å². The van der Waals surface area contributed by atoms with Crippen LogP contribution in [0.4, 0.5) is 0 Å². The molecule has 0 bridgehead atoms. The molecule has 0 spiro atoms. The van der Waals surface area contributed by atoms with E-state index in [-0.39, 0.29) is 0 Å². The number of H-pyrrole nitrogens is 1. The maximum Gasteiger partial charge on any atom is 0.139 e. The zero-order valence-corrected chi connectivity index (χ0v) is 13.5. The third-order valence-corrected chi connectivity index (χ3v) is 4.40. The Labute approximate surface area is 136 Å². The van der Waals surface area contributed by atoms with Crippen molar-refractivity contribution in [2.45, 2.75) is 0 Å². The molecule has 0 fully saturated rings. The topological polar surface area (TPSA) is 37.9 Å². The molecule has 1 heterocycles. The van der Waals surface area contributed by atoms with E-state index in [1.165, 1.54) is 10.8 Å². The van der Waals surface area contributed by atoms with E-state index in [0.717, 1.165) is 32.6 Å². The van der Waals surface area contributed by atoms with Gasteiger partial charge in [0.2, 0.25) is 0 Å². The number of hydrogen-bond donors (Lipinski definition) is 1. The normalized spacial score (nSPS) is 11.2. The van der Waals surface area contributed by atoms with Crippen molar-refractivity contribution in [2.24, 2.45) is 0 Å². The molecule has 0 unspecified atom stereocenters. The Balaban J connectivity index is 1.99. The lowest BCUT2D eigenvalue weighted by Crippen LogP contribution is -1.83. The molecule has 22 heavy (non-hydrogen) atoms. The van der Waals surface area contributed by atoms with Crippen LogP contribution in [0.25, 0.3) is 33.2 Å². The molecule has 0 radical (unpaired) electrons. The molecule has 4 heteroatoms. The second kappa shape index (κ2) is 5.14. The number of fused-ring (bicyclic) bond motifs is 2. The zero-order valence-electron chi connectivity index (χ0n) is 11.9. The van der Waals surface area contributed by atoms with Crippen LogP contribution in [-0.2, 0) is 0 Å². The monoisotopic (exact) mass is 352 g/mol. The summed E-state index contributed by atoms with van der Waals surface area (Å²) < 4.78 is 6.23. The molecule has 1 N–H and O–H groups in total. The lowest BCUT2D eigenvalue weighted by molar-refractivity contribution is 0.415. The number of rotatable bonds is 2. The fraction of sp³-hybridized carbons (Fsp3) is 0.0556. The molecule has 0 saturated heterocycles. The number of imidazole rings is 1. The first-order chi connectivity index (χ1) is 10.8. The van der Waals surface area contributed by atoms with Gasteiger partial charge in [-0.2, -0.15) is 0 Å². The zero-order chi connectivity index (χ0) is 15.1. The largest absolute Gasteiger partial charge is 0.497 e. The molecule has 0 atom stereocenters. The van der Waals surface area contributed by atoms with Gasteiger partial charge in [0.1, 0.15) is 17.1 Å². The molecule has 108 valence electrons. The standard InChI is InChI=1S/C18H13BrN2O/c1-22-12-9-15(19)17-16(10-12)20-18(21-17)14-8-4-6-11-5-2-3-7-13(11)14/h2-10H,1H3,(H,20,21). The molecule has 3 aromatic carbocycles. The third-order valence-electron chi connectivity index (χ3n) is 3.79. The van der Waals surface area contributed by atoms with Crippen molar-refractivity contribution in [3.05, 3.63) is 59.1 Å². The predicted octanol–water partition coefficient (Wildman–Crippen LogP) is 5.15. The predicted molar refractivity (Wildman–Crippen MR) is 93.3 cm³/mol. The molecule has 0 amide bonds. The van der Waals surface area contributed by atoms with Crippen LogP contribution in [0.3, 0.4) is 0 Å². The maximum absolute atomic E-state index is 5.31. The van der Waals surface area contributed by atoms with E-state index >= 15 is 0 Å². The van der Waals surface area contributed by atoms with Crippen LogP contribution < -0.4 is 4.74 Å². The molecule has 4 aromatic rings. The molecule has 4 rings (SSSR count). The number of halogens is 1. The smallest absolute Gasteiger partial charge is 0.139 e. The molecular weight excluding hydrogens is 340 g/mol. The Kier molecular flexibility index (Phi) is 3.12. The van der Waals surface area contributed by atoms with Gasteiger partial charge < -0.3 is 9.72 Å². The Bertz CT molecular complexity index is 986. The highest BCUT2D eigenvalue weighted by Gasteiger charge is 2.11. The number of benzene rings is 3. The third kappa shape index (κ3) is 2.07. The Morgan fingerprint density at radius 1 is 1.05 bits per heavy atom. The minimum atomic E-state index is 0.799. The molecular formula is C18H13BrN2O. The van der Waals surface area contributed by atoms with E-state index < -0.39 is 0 Å². The van der Waals surface area contributed by atoms with Crippen molar-refractivity contribution in [2.75, 3.05) is 7.11 Å². The second-order valence-corrected chi connectivity index (χ2v) is 5.97. The summed E-state index contributed by atoms with van der Waals surface area (Å²) in [6.07, 6.45) is 0. The molecule has 0 aliphatic heterocycles. The first-order valence-electron chi connectivity index (χ1n) is 6.97. The van der Waals surface area contributed by atoms with E-state index in [4.69, 9.17) is 9.72 Å². The summed E-state index contributed by atoms with van der Waals surface area (Å²) in [5.41, 5.74) is 2.96. The first kappa shape index (κ1) is 13.3. The molecule has 0 saturated carbocycles. The number of hydrogen-bond acceptors (Lipinski definition) is 2. The number of nitrogens with zero attached hydrogens (tertiary/aromatic N) is 1. The summed E-state index contributed by atoms with van der Waals surface area (Å²) in [6, 6.07) is 18.5. The van der Waals surface area contributed by atoms with Gasteiger partial charge in [0, 0.05) is 16.1 Å². The van der Waals surface area contributed by atoms with E-state index in [9.17, 15) is 0 Å². The van der Waals surface area contributed by atoms with Crippen LogP contribution in [-0.4, -0.2) is 17.1 Å². The molecule has 3 nitrogen and oxygen atoms in total. The average Bonchev–Trinajstić information content (AvgIpc) is 2.98. The van der Waals surface area contributed by atoms with E-state index in [1.54, 1.807) is 7.11 Å². The quantitative estimate of drug-likeness (QED) is 0.541. The number of aromatic nitrogens is 2. The summed E-state index contributed by atoms with van der Waals surface area (Å²) >= 11 is 3.56. The summed E-state index contributed by atoms with van der Waals surface area (Å²) in [6.45, 7) is 0. The SMILES string of the molecule is COc1cc(Br)c2nc(-c3cccc4ccccc34)[nH]c2c1. The van der Waals surface area contributed by atoms with Crippen molar-refractivity contribution >= 4 is 37.7 Å². The maximum atomic E-state index is 5.31. The minimum absolute atomic E-state index is 0.799. The number of aromatic amines is 1. The van der Waals surface area contributed by atoms with Crippen molar-refractivity contribution in [3.8, 4) is 17.1 Å². The Morgan fingerprint density at radius 3 is 2.73 bits per heavy atom. The first-order valence-corrected chi connectivity index (χ1v) is 7.77. The van der Waals surface area contributed by atoms with Crippen molar-refractivity contribution in [3.63, 3.8) is 0 Å². The van der Waals surface area contributed by atoms with Crippen LogP contribution >= 0.6 is 15.9 Å². The summed E-state index contributed by atoms with van der Waals surface area (Å²) in [7, 11) is 1.66. The fourth-order valence-electron chi connectivity index (χ4n) is 2.73. The van der Waals surface area contributed by atoms with Crippen LogP contribution in [0.5, 0.6) is 5.75 Å². The van der Waals surface area contributed by atoms with Gasteiger partial charge in [0.15, 0.2) is 0 Å². The highest BCUT2D eigenvalue weighted by Crippen LogP contribution is 2.32. The van der Waals surface area contributed by atoms with Crippen LogP contribution in [0.15, 0.2) is 59.1 Å². The highest BCUT2D eigenvalue weighted by atomic mass is 79.9. The van der Waals surface area contributed by atoms with E-state index in [1.807, 2.05) is 24.3 Å². The lowest BCUT2D eigenvalue weighted by Gasteiger charge is -2.03. The summed E-state index contributed by atoms with van der Waals surface area (Å²) in [4.78, 5) is 8.15. The van der Waals surface area contributed by atoms with Crippen molar-refractivity contribution in [1.82, 2.24) is 9.97 Å². The minimum Gasteiger partial charge on any atom is -0.497 e. The van der Waals surface area contributed by atoms with Gasteiger partial charge in [-0.3, -0.25) is 0 Å². The van der Waals surface area contributed by atoms with Crippen LogP contribution in [0, 0.1) is 0 Å². The molecule has 0 aliphatic rings. The highest BCUT2D eigenvalue weighted by molar-refractivity contribution is 9.10. The number of nitrogens with one attached hydrogen (secondary N) is 1. The van der Waals surface area contributed by atoms with Gasteiger partial charge in [-0.05, 0) is 32.8 Å². The Morgan fingerprint density at radius 2 is 1.86 bits per heavy atom. The van der Waals surface area contributed by atoms with Crippen molar-refractivity contribution in [1.29, 1.82) is 0 Å². The van der Waals surface area contributed by atoms with Gasteiger partial charge in [0.25, 0.3) is 0 Å². The van der Waals surface area contributed by atoms with Gasteiger partial charge in [0.05, 0.1) is 12.6 Å². The molecule has 1 aromatic heterocycles. The number of methoxy groups -OCH3 is 1. The van der Waals surface area contributed by atoms with Gasteiger partial charge in [-0.1, -0.05) is 42.5 Å². The van der Waals surface area contributed by atoms with Gasteiger partial charge in [-0.15, -0.1) is 0 Å². The fourth-order valence-corrected chi connectivity index (χ4v) is 3.26. The van der Waals surface area contributed by atoms with Gasteiger partial charge in [-0.25, -0.2) is 4.98 Å². The van der Waals surface area contributed by atoms with E-state index in [0.29, 0.717) is 0 Å². The summed E-state index contributed by atoms with van der Waals surface area (Å²) in [5, 5.41) is 2.39. The molecule has 0 aliphatic carbocycles. The number of ether oxygens (including phenoxy) is 1. The van der Waals surface area contributed by atoms with Gasteiger partial charge >= 0.3 is 0 Å². The average molecular weight is 353 g/mol. The lowest BCUT2D eigenvalue weighted by atomic mass is 10.0. The summed E-state index contributed by atoms with van der Waals surface area (Å²) in [5.74, 6) is 1.66. The van der Waals surface area contributed by atoms with E-state index in [2.05, 4.69) is 51.2 Å². The van der Waals surface area contributed by atoms with Crippen molar-refractivity contribution < 1.29 is 4.74 Å². The van der Waals surface area contributed by atoms with Crippen LogP contribution in [0.1, 0.15) is 0 Å². The second-order valence-electron chi connectivity index (χ2n) is 5.12.